The summed E-state index contributed by atoms with van der Waals surface area (Å²) in [6.07, 6.45) is 0.0688. The van der Waals surface area contributed by atoms with Crippen LogP contribution in [0.5, 0.6) is 0 Å². The molecular formula is C27H23ClN2O5. The van der Waals surface area contributed by atoms with Gasteiger partial charge in [-0.1, -0.05) is 66.2 Å². The van der Waals surface area contributed by atoms with Crippen molar-refractivity contribution in [1.29, 1.82) is 0 Å². The van der Waals surface area contributed by atoms with Crippen LogP contribution in [0.3, 0.4) is 0 Å². The van der Waals surface area contributed by atoms with Gasteiger partial charge in [-0.05, 0) is 46.7 Å². The Morgan fingerprint density at radius 1 is 0.943 bits per heavy atom. The highest BCUT2D eigenvalue weighted by Crippen LogP contribution is 2.44. The first-order chi connectivity index (χ1) is 16.9. The van der Waals surface area contributed by atoms with Gasteiger partial charge in [0.25, 0.3) is 0 Å². The summed E-state index contributed by atoms with van der Waals surface area (Å²) in [6, 6.07) is 20.8. The molecule has 1 fully saturated rings. The molecule has 0 aromatic heterocycles. The number of carbonyl (C=O) groups is 3. The largest absolute Gasteiger partial charge is 0.478 e. The Morgan fingerprint density at radius 3 is 2.26 bits per heavy atom. The number of benzene rings is 3. The lowest BCUT2D eigenvalue weighted by molar-refractivity contribution is -0.117. The number of anilines is 1. The summed E-state index contributed by atoms with van der Waals surface area (Å²) in [5.41, 5.74) is 4.62. The number of carbonyl (C=O) groups excluding carboxylic acids is 2. The molecule has 3 aromatic rings. The number of carboxylic acid groups (broad SMARTS) is 1. The van der Waals surface area contributed by atoms with Crippen LogP contribution >= 0.6 is 11.6 Å². The van der Waals surface area contributed by atoms with E-state index < -0.39 is 12.1 Å². The number of halogens is 1. The smallest absolute Gasteiger partial charge is 0.407 e. The lowest BCUT2D eigenvalue weighted by atomic mass is 9.98. The Labute approximate surface area is 207 Å². The summed E-state index contributed by atoms with van der Waals surface area (Å²) < 4.78 is 5.53. The average molecular weight is 491 g/mol. The number of hydrogen-bond acceptors (Lipinski definition) is 4. The predicted octanol–water partition coefficient (Wildman–Crippen LogP) is 5.15. The standard InChI is InChI=1S/C27H23ClN2O5/c28-22-10-5-11-23(24(22)26(32)33)30-25(31)20-12-15(20)13-29-27(34)35-14-21-18-8-3-1-6-16(18)17-7-2-4-9-19(17)21/h1-11,15,20-21H,12-14H2,(H,29,34)(H,30,31)(H,32,33)/t15-,20-/m1/s1. The van der Waals surface area contributed by atoms with Gasteiger partial charge >= 0.3 is 12.1 Å². The van der Waals surface area contributed by atoms with Crippen LogP contribution in [0.4, 0.5) is 10.5 Å². The van der Waals surface area contributed by atoms with E-state index in [2.05, 4.69) is 34.9 Å². The second-order valence-electron chi connectivity index (χ2n) is 8.77. The minimum Gasteiger partial charge on any atom is -0.478 e. The fraction of sp³-hybridized carbons (Fsp3) is 0.222. The van der Waals surface area contributed by atoms with E-state index in [0.29, 0.717) is 13.0 Å². The van der Waals surface area contributed by atoms with Crippen molar-refractivity contribution in [1.82, 2.24) is 5.32 Å². The van der Waals surface area contributed by atoms with E-state index in [-0.39, 0.29) is 46.5 Å². The van der Waals surface area contributed by atoms with E-state index in [0.717, 1.165) is 22.3 Å². The lowest BCUT2D eigenvalue weighted by Crippen LogP contribution is -2.29. The number of aromatic carboxylic acids is 1. The van der Waals surface area contributed by atoms with Crippen molar-refractivity contribution in [2.24, 2.45) is 11.8 Å². The minimum atomic E-state index is -1.21. The average Bonchev–Trinajstić information content (AvgIpc) is 3.56. The fourth-order valence-electron chi connectivity index (χ4n) is 4.73. The maximum absolute atomic E-state index is 12.6. The molecule has 5 rings (SSSR count). The van der Waals surface area contributed by atoms with Crippen molar-refractivity contribution in [2.75, 3.05) is 18.5 Å². The van der Waals surface area contributed by atoms with Gasteiger partial charge in [0.1, 0.15) is 12.2 Å². The highest BCUT2D eigenvalue weighted by molar-refractivity contribution is 6.34. The van der Waals surface area contributed by atoms with E-state index in [1.165, 1.54) is 12.1 Å². The highest BCUT2D eigenvalue weighted by Gasteiger charge is 2.43. The van der Waals surface area contributed by atoms with Crippen LogP contribution in [0.1, 0.15) is 33.8 Å². The first-order valence-electron chi connectivity index (χ1n) is 11.4. The van der Waals surface area contributed by atoms with Gasteiger partial charge in [-0.15, -0.1) is 0 Å². The van der Waals surface area contributed by atoms with Crippen LogP contribution in [-0.2, 0) is 9.53 Å². The summed E-state index contributed by atoms with van der Waals surface area (Å²) in [7, 11) is 0. The van der Waals surface area contributed by atoms with E-state index >= 15 is 0 Å². The van der Waals surface area contributed by atoms with Crippen LogP contribution in [-0.4, -0.2) is 36.2 Å². The van der Waals surface area contributed by atoms with Crippen LogP contribution in [0.25, 0.3) is 11.1 Å². The molecule has 3 N–H and O–H groups in total. The molecule has 0 bridgehead atoms. The third kappa shape index (κ3) is 4.59. The number of fused-ring (bicyclic) bond motifs is 3. The first kappa shape index (κ1) is 22.9. The maximum Gasteiger partial charge on any atom is 0.407 e. The molecule has 0 aliphatic heterocycles. The minimum absolute atomic E-state index is 0.0197. The highest BCUT2D eigenvalue weighted by atomic mass is 35.5. The molecule has 2 atom stereocenters. The Morgan fingerprint density at radius 2 is 1.60 bits per heavy atom. The van der Waals surface area contributed by atoms with E-state index in [1.54, 1.807) is 6.07 Å². The van der Waals surface area contributed by atoms with Crippen molar-refractivity contribution >= 4 is 35.3 Å². The zero-order chi connectivity index (χ0) is 24.5. The Hall–Kier alpha value is -3.84. The topological polar surface area (TPSA) is 105 Å². The van der Waals surface area contributed by atoms with Gasteiger partial charge in [0.05, 0.1) is 10.7 Å². The summed E-state index contributed by atoms with van der Waals surface area (Å²) in [4.78, 5) is 36.4. The summed E-state index contributed by atoms with van der Waals surface area (Å²) in [5, 5.41) is 14.8. The molecule has 178 valence electrons. The van der Waals surface area contributed by atoms with E-state index in [9.17, 15) is 19.5 Å². The predicted molar refractivity (Wildman–Crippen MR) is 132 cm³/mol. The molecule has 2 amide bonds. The van der Waals surface area contributed by atoms with Crippen molar-refractivity contribution in [3.8, 4) is 11.1 Å². The Kier molecular flexibility index (Phi) is 6.17. The zero-order valence-corrected chi connectivity index (χ0v) is 19.4. The first-order valence-corrected chi connectivity index (χ1v) is 11.7. The Bertz CT molecular complexity index is 1280. The van der Waals surface area contributed by atoms with Gasteiger partial charge in [-0.2, -0.15) is 0 Å². The monoisotopic (exact) mass is 490 g/mol. The summed E-state index contributed by atoms with van der Waals surface area (Å²) in [6.45, 7) is 0.525. The number of ether oxygens (including phenoxy) is 1. The third-order valence-corrected chi connectivity index (χ3v) is 6.91. The summed E-state index contributed by atoms with van der Waals surface area (Å²) in [5.74, 6) is -1.88. The van der Waals surface area contributed by atoms with Crippen molar-refractivity contribution in [3.05, 3.63) is 88.4 Å². The number of nitrogens with one attached hydrogen (secondary N) is 2. The molecule has 0 saturated heterocycles. The molecule has 35 heavy (non-hydrogen) atoms. The summed E-state index contributed by atoms with van der Waals surface area (Å²) >= 11 is 5.96. The third-order valence-electron chi connectivity index (χ3n) is 6.60. The molecule has 0 spiro atoms. The van der Waals surface area contributed by atoms with Gasteiger partial charge in [-0.25, -0.2) is 9.59 Å². The van der Waals surface area contributed by atoms with E-state index in [4.69, 9.17) is 16.3 Å². The molecule has 2 aliphatic rings. The molecule has 8 heteroatoms. The number of hydrogen-bond donors (Lipinski definition) is 3. The maximum atomic E-state index is 12.6. The van der Waals surface area contributed by atoms with Crippen LogP contribution < -0.4 is 10.6 Å². The number of alkyl carbamates (subject to hydrolysis) is 1. The van der Waals surface area contributed by atoms with Gasteiger partial charge in [0, 0.05) is 18.4 Å². The van der Waals surface area contributed by atoms with Crippen LogP contribution in [0.15, 0.2) is 66.7 Å². The number of rotatable bonds is 7. The molecule has 0 unspecified atom stereocenters. The molecular weight excluding hydrogens is 468 g/mol. The second-order valence-corrected chi connectivity index (χ2v) is 9.17. The molecule has 1 saturated carbocycles. The molecule has 3 aromatic carbocycles. The Balaban J connectivity index is 1.12. The second kappa shape index (κ2) is 9.43. The van der Waals surface area contributed by atoms with Gasteiger partial charge in [0.2, 0.25) is 5.91 Å². The SMILES string of the molecule is O=C(NC[C@H]1C[C@H]1C(=O)Nc1cccc(Cl)c1C(=O)O)OCC1c2ccccc2-c2ccccc21. The van der Waals surface area contributed by atoms with Crippen molar-refractivity contribution in [3.63, 3.8) is 0 Å². The van der Waals surface area contributed by atoms with Gasteiger partial charge < -0.3 is 20.5 Å². The molecule has 0 radical (unpaired) electrons. The number of carboxylic acids is 1. The fourth-order valence-corrected chi connectivity index (χ4v) is 4.98. The quantitative estimate of drug-likeness (QED) is 0.424. The van der Waals surface area contributed by atoms with E-state index in [1.807, 2.05) is 24.3 Å². The lowest BCUT2D eigenvalue weighted by Gasteiger charge is -2.14. The van der Waals surface area contributed by atoms with Gasteiger partial charge in [0.15, 0.2) is 0 Å². The van der Waals surface area contributed by atoms with Crippen LogP contribution in [0, 0.1) is 11.8 Å². The van der Waals surface area contributed by atoms with Crippen molar-refractivity contribution in [2.45, 2.75) is 12.3 Å². The van der Waals surface area contributed by atoms with Gasteiger partial charge in [-0.3, -0.25) is 4.79 Å². The molecule has 2 aliphatic carbocycles. The molecule has 0 heterocycles. The number of amides is 2. The zero-order valence-electron chi connectivity index (χ0n) is 18.7. The van der Waals surface area contributed by atoms with Crippen molar-refractivity contribution < 1.29 is 24.2 Å². The normalized spacial score (nSPS) is 17.7. The molecule has 7 nitrogen and oxygen atoms in total. The van der Waals surface area contributed by atoms with Crippen LogP contribution in [0.2, 0.25) is 5.02 Å².